The molecular formula is C14H16ClN3O2. The Morgan fingerprint density at radius 2 is 1.85 bits per heavy atom. The first-order valence-corrected chi connectivity index (χ1v) is 6.09. The van der Waals surface area contributed by atoms with E-state index >= 15 is 0 Å². The maximum atomic E-state index is 7.67. The van der Waals surface area contributed by atoms with Crippen molar-refractivity contribution in [2.75, 3.05) is 14.2 Å². The van der Waals surface area contributed by atoms with Crippen molar-refractivity contribution in [2.45, 2.75) is 13.0 Å². The third-order valence-corrected chi connectivity index (χ3v) is 3.43. The van der Waals surface area contributed by atoms with E-state index in [1.54, 1.807) is 26.6 Å². The summed E-state index contributed by atoms with van der Waals surface area (Å²) in [5.41, 5.74) is 3.57. The zero-order valence-electron chi connectivity index (χ0n) is 11.3. The molecule has 5 nitrogen and oxygen atoms in total. The van der Waals surface area contributed by atoms with E-state index in [0.717, 1.165) is 30.0 Å². The topological polar surface area (TPSA) is 60.1 Å². The Bertz CT molecular complexity index is 697. The average Bonchev–Trinajstić information content (AvgIpc) is 2.45. The fourth-order valence-electron chi connectivity index (χ4n) is 2.46. The van der Waals surface area contributed by atoms with E-state index in [-0.39, 0.29) is 17.9 Å². The van der Waals surface area contributed by atoms with E-state index in [4.69, 9.17) is 14.9 Å². The average molecular weight is 294 g/mol. The summed E-state index contributed by atoms with van der Waals surface area (Å²) in [5, 5.41) is 7.67. The van der Waals surface area contributed by atoms with Crippen LogP contribution in [0.15, 0.2) is 24.5 Å². The van der Waals surface area contributed by atoms with Crippen LogP contribution in [0.25, 0.3) is 11.3 Å². The predicted molar refractivity (Wildman–Crippen MR) is 77.6 cm³/mol. The molecule has 1 aliphatic heterocycles. The number of nitrogens with one attached hydrogen (secondary N) is 1. The molecular weight excluding hydrogens is 278 g/mol. The van der Waals surface area contributed by atoms with Gasteiger partial charge in [0.25, 0.3) is 0 Å². The van der Waals surface area contributed by atoms with Crippen LogP contribution < -0.4 is 15.0 Å². The molecule has 3 rings (SSSR count). The number of fused-ring (bicyclic) bond motifs is 3. The van der Waals surface area contributed by atoms with Gasteiger partial charge in [0, 0.05) is 18.2 Å². The van der Waals surface area contributed by atoms with E-state index in [2.05, 4.69) is 9.55 Å². The van der Waals surface area contributed by atoms with E-state index in [1.165, 1.54) is 5.56 Å². The van der Waals surface area contributed by atoms with E-state index in [1.807, 2.05) is 12.1 Å². The molecule has 0 fully saturated rings. The van der Waals surface area contributed by atoms with E-state index in [0.29, 0.717) is 5.75 Å². The first-order valence-electron chi connectivity index (χ1n) is 6.09. The Labute approximate surface area is 123 Å². The summed E-state index contributed by atoms with van der Waals surface area (Å²) in [6.07, 6.45) is 2.64. The Morgan fingerprint density at radius 1 is 1.15 bits per heavy atom. The quantitative estimate of drug-likeness (QED) is 0.921. The second-order valence-corrected chi connectivity index (χ2v) is 4.47. The lowest BCUT2D eigenvalue weighted by Crippen LogP contribution is -2.18. The van der Waals surface area contributed by atoms with Gasteiger partial charge < -0.3 is 14.0 Å². The molecule has 0 saturated heterocycles. The van der Waals surface area contributed by atoms with Crippen molar-refractivity contribution < 1.29 is 9.47 Å². The molecule has 0 bridgehead atoms. The molecule has 1 aliphatic rings. The summed E-state index contributed by atoms with van der Waals surface area (Å²) < 4.78 is 12.7. The summed E-state index contributed by atoms with van der Waals surface area (Å²) in [7, 11) is 3.27. The molecule has 2 heterocycles. The molecule has 2 aromatic rings. The number of methoxy groups -OCH3 is 2. The van der Waals surface area contributed by atoms with Crippen LogP contribution in [-0.2, 0) is 13.0 Å². The van der Waals surface area contributed by atoms with Crippen LogP contribution in [0, 0.1) is 5.41 Å². The van der Waals surface area contributed by atoms with Crippen molar-refractivity contribution in [1.29, 1.82) is 5.41 Å². The number of hydrogen-bond acceptors (Lipinski definition) is 4. The fraction of sp³-hybridized carbons (Fsp3) is 0.286. The first-order chi connectivity index (χ1) is 9.22. The fourth-order valence-corrected chi connectivity index (χ4v) is 2.46. The number of aromatic nitrogens is 2. The Kier molecular flexibility index (Phi) is 3.99. The highest BCUT2D eigenvalue weighted by Crippen LogP contribution is 2.37. The van der Waals surface area contributed by atoms with Crippen LogP contribution in [0.5, 0.6) is 11.5 Å². The number of halogens is 1. The standard InChI is InChI=1S/C14H15N3O2.ClH/c1-18-12-5-9-3-4-17-8-16-14(15)7-11(17)10(9)6-13(12)19-2;/h5-8,15H,3-4H2,1-2H3;1H. The van der Waals surface area contributed by atoms with Crippen molar-refractivity contribution in [2.24, 2.45) is 0 Å². The minimum absolute atomic E-state index is 0. The summed E-state index contributed by atoms with van der Waals surface area (Å²) in [6, 6.07) is 5.77. The van der Waals surface area contributed by atoms with Crippen molar-refractivity contribution in [1.82, 2.24) is 9.55 Å². The lowest BCUT2D eigenvalue weighted by Gasteiger charge is -2.23. The third-order valence-electron chi connectivity index (χ3n) is 3.43. The van der Waals surface area contributed by atoms with Crippen LogP contribution in [-0.4, -0.2) is 23.8 Å². The van der Waals surface area contributed by atoms with Crippen molar-refractivity contribution in [3.05, 3.63) is 35.6 Å². The predicted octanol–water partition coefficient (Wildman–Crippen LogP) is 2.02. The molecule has 0 aliphatic carbocycles. The van der Waals surface area contributed by atoms with Gasteiger partial charge in [0.2, 0.25) is 0 Å². The minimum atomic E-state index is 0. The van der Waals surface area contributed by atoms with E-state index < -0.39 is 0 Å². The Balaban J connectivity index is 0.00000147. The second-order valence-electron chi connectivity index (χ2n) is 4.47. The van der Waals surface area contributed by atoms with Crippen LogP contribution in [0.4, 0.5) is 0 Å². The van der Waals surface area contributed by atoms with E-state index in [9.17, 15) is 0 Å². The van der Waals surface area contributed by atoms with Crippen LogP contribution in [0.2, 0.25) is 0 Å². The highest BCUT2D eigenvalue weighted by molar-refractivity contribution is 5.85. The van der Waals surface area contributed by atoms with Gasteiger partial charge in [-0.3, -0.25) is 5.41 Å². The molecule has 0 radical (unpaired) electrons. The number of nitrogens with zero attached hydrogens (tertiary/aromatic N) is 2. The Hall–Kier alpha value is -2.01. The second kappa shape index (κ2) is 5.54. The van der Waals surface area contributed by atoms with Crippen molar-refractivity contribution in [3.8, 4) is 22.8 Å². The van der Waals surface area contributed by atoms with Crippen molar-refractivity contribution in [3.63, 3.8) is 0 Å². The molecule has 20 heavy (non-hydrogen) atoms. The van der Waals surface area contributed by atoms with Gasteiger partial charge in [-0.05, 0) is 24.1 Å². The highest BCUT2D eigenvalue weighted by atomic mass is 35.5. The van der Waals surface area contributed by atoms with Crippen LogP contribution in [0.3, 0.4) is 0 Å². The minimum Gasteiger partial charge on any atom is -0.493 e. The maximum Gasteiger partial charge on any atom is 0.161 e. The van der Waals surface area contributed by atoms with Gasteiger partial charge in [-0.2, -0.15) is 0 Å². The largest absolute Gasteiger partial charge is 0.493 e. The summed E-state index contributed by atoms with van der Waals surface area (Å²) in [5.74, 6) is 1.45. The van der Waals surface area contributed by atoms with Crippen LogP contribution in [0.1, 0.15) is 5.56 Å². The summed E-state index contributed by atoms with van der Waals surface area (Å²) in [4.78, 5) is 4.02. The number of rotatable bonds is 2. The van der Waals surface area contributed by atoms with Gasteiger partial charge in [0.05, 0.1) is 26.2 Å². The van der Waals surface area contributed by atoms with Gasteiger partial charge in [0.1, 0.15) is 5.49 Å². The SMILES string of the molecule is COc1cc2c(cc1OC)-c1cc(=N)ncn1CC2.Cl. The van der Waals surface area contributed by atoms with Gasteiger partial charge in [-0.25, -0.2) is 4.98 Å². The van der Waals surface area contributed by atoms with Gasteiger partial charge in [-0.1, -0.05) is 0 Å². The monoisotopic (exact) mass is 293 g/mol. The summed E-state index contributed by atoms with van der Waals surface area (Å²) in [6.45, 7) is 0.866. The molecule has 0 amide bonds. The smallest absolute Gasteiger partial charge is 0.161 e. The zero-order valence-corrected chi connectivity index (χ0v) is 12.2. The number of ether oxygens (including phenoxy) is 2. The highest BCUT2D eigenvalue weighted by Gasteiger charge is 2.18. The molecule has 0 unspecified atom stereocenters. The molecule has 0 saturated carbocycles. The molecule has 0 spiro atoms. The number of aryl methyl sites for hydroxylation is 2. The lowest BCUT2D eigenvalue weighted by atomic mass is 9.97. The lowest BCUT2D eigenvalue weighted by molar-refractivity contribution is 0.354. The van der Waals surface area contributed by atoms with Crippen molar-refractivity contribution >= 4 is 12.4 Å². The van der Waals surface area contributed by atoms with Gasteiger partial charge in [0.15, 0.2) is 11.5 Å². The third kappa shape index (κ3) is 2.25. The summed E-state index contributed by atoms with van der Waals surface area (Å²) >= 11 is 0. The molecule has 1 N–H and O–H groups in total. The maximum absolute atomic E-state index is 7.67. The zero-order chi connectivity index (χ0) is 13.4. The van der Waals surface area contributed by atoms with Gasteiger partial charge >= 0.3 is 0 Å². The number of benzene rings is 1. The molecule has 0 atom stereocenters. The number of hydrogen-bond donors (Lipinski definition) is 1. The molecule has 1 aromatic carbocycles. The normalized spacial score (nSPS) is 11.9. The Morgan fingerprint density at radius 3 is 2.55 bits per heavy atom. The molecule has 6 heteroatoms. The van der Waals surface area contributed by atoms with Gasteiger partial charge in [-0.15, -0.1) is 12.4 Å². The van der Waals surface area contributed by atoms with Crippen LogP contribution >= 0.6 is 12.4 Å². The first kappa shape index (κ1) is 14.4. The molecule has 106 valence electrons. The molecule has 1 aromatic heterocycles.